The van der Waals surface area contributed by atoms with E-state index in [0.29, 0.717) is 17.7 Å². The molecule has 7 heteroatoms. The number of benzene rings is 2. The van der Waals surface area contributed by atoms with Crippen molar-refractivity contribution in [1.29, 1.82) is 0 Å². The summed E-state index contributed by atoms with van der Waals surface area (Å²) in [6.45, 7) is -0.0667. The lowest BCUT2D eigenvalue weighted by Crippen LogP contribution is -2.04. The second-order valence-corrected chi connectivity index (χ2v) is 6.46. The van der Waals surface area contributed by atoms with E-state index in [4.69, 9.17) is 15.4 Å². The minimum atomic E-state index is -4.32. The van der Waals surface area contributed by atoms with Crippen LogP contribution in [0.3, 0.4) is 0 Å². The van der Waals surface area contributed by atoms with Crippen LogP contribution < -0.4 is 4.74 Å². The summed E-state index contributed by atoms with van der Waals surface area (Å²) in [4.78, 5) is -0.729. The Kier molecular flexibility index (Phi) is 4.25. The number of ether oxygens (including phenoxy) is 1. The first-order chi connectivity index (χ1) is 9.38. The standard InChI is InChI=1S/C13H9ClF2O3S/c14-20(17,18)12-7-10(15)6-11(16)13(12)19-8-9-4-2-1-3-5-9/h1-7H,8H2. The molecule has 0 fully saturated rings. The van der Waals surface area contributed by atoms with Crippen LogP contribution in [0.15, 0.2) is 47.4 Å². The minimum absolute atomic E-state index is 0.0667. The van der Waals surface area contributed by atoms with Gasteiger partial charge in [0.25, 0.3) is 9.05 Å². The summed E-state index contributed by atoms with van der Waals surface area (Å²) in [5, 5.41) is 0. The van der Waals surface area contributed by atoms with Crippen LogP contribution in [-0.2, 0) is 15.7 Å². The highest BCUT2D eigenvalue weighted by Crippen LogP contribution is 2.31. The van der Waals surface area contributed by atoms with Crippen molar-refractivity contribution in [2.24, 2.45) is 0 Å². The van der Waals surface area contributed by atoms with E-state index in [-0.39, 0.29) is 6.61 Å². The zero-order chi connectivity index (χ0) is 14.8. The fraction of sp³-hybridized carbons (Fsp3) is 0.0769. The molecule has 2 aromatic carbocycles. The van der Waals surface area contributed by atoms with Gasteiger partial charge in [0.05, 0.1) is 0 Å². The topological polar surface area (TPSA) is 43.4 Å². The molecule has 0 aliphatic heterocycles. The van der Waals surface area contributed by atoms with Crippen molar-refractivity contribution in [3.05, 3.63) is 59.7 Å². The van der Waals surface area contributed by atoms with Gasteiger partial charge >= 0.3 is 0 Å². The Balaban J connectivity index is 2.36. The smallest absolute Gasteiger partial charge is 0.265 e. The molecule has 0 bridgehead atoms. The first kappa shape index (κ1) is 14.7. The van der Waals surface area contributed by atoms with E-state index in [1.165, 1.54) is 0 Å². The van der Waals surface area contributed by atoms with Crippen LogP contribution in [0.2, 0.25) is 0 Å². The third-order valence-corrected chi connectivity index (χ3v) is 3.79. The van der Waals surface area contributed by atoms with E-state index in [1.807, 2.05) is 0 Å². The molecular weight excluding hydrogens is 310 g/mol. The molecule has 20 heavy (non-hydrogen) atoms. The quantitative estimate of drug-likeness (QED) is 0.811. The lowest BCUT2D eigenvalue weighted by Gasteiger charge is -2.11. The Morgan fingerprint density at radius 3 is 2.35 bits per heavy atom. The van der Waals surface area contributed by atoms with Gasteiger partial charge < -0.3 is 4.74 Å². The van der Waals surface area contributed by atoms with Crippen molar-refractivity contribution in [2.45, 2.75) is 11.5 Å². The van der Waals surface area contributed by atoms with Gasteiger partial charge in [-0.15, -0.1) is 0 Å². The largest absolute Gasteiger partial charge is 0.484 e. The number of halogens is 3. The Morgan fingerprint density at radius 1 is 1.10 bits per heavy atom. The Labute approximate surface area is 119 Å². The second kappa shape index (κ2) is 5.76. The van der Waals surface area contributed by atoms with Gasteiger partial charge in [-0.1, -0.05) is 30.3 Å². The normalized spacial score (nSPS) is 11.3. The average molecular weight is 319 g/mol. The third-order valence-electron chi connectivity index (χ3n) is 2.46. The van der Waals surface area contributed by atoms with E-state index >= 15 is 0 Å². The van der Waals surface area contributed by atoms with Crippen LogP contribution in [0.25, 0.3) is 0 Å². The van der Waals surface area contributed by atoms with E-state index in [0.717, 1.165) is 0 Å². The minimum Gasteiger partial charge on any atom is -0.484 e. The predicted molar refractivity (Wildman–Crippen MR) is 70.2 cm³/mol. The SMILES string of the molecule is O=S(=O)(Cl)c1cc(F)cc(F)c1OCc1ccccc1. The van der Waals surface area contributed by atoms with Gasteiger partial charge in [0.1, 0.15) is 17.3 Å². The summed E-state index contributed by atoms with van der Waals surface area (Å²) < 4.78 is 54.5. The zero-order valence-corrected chi connectivity index (χ0v) is 11.6. The number of rotatable bonds is 4. The molecule has 2 rings (SSSR count). The van der Waals surface area contributed by atoms with Gasteiger partial charge in [-0.05, 0) is 11.6 Å². The first-order valence-corrected chi connectivity index (χ1v) is 7.79. The van der Waals surface area contributed by atoms with E-state index in [2.05, 4.69) is 0 Å². The van der Waals surface area contributed by atoms with E-state index in [1.54, 1.807) is 30.3 Å². The molecule has 0 aromatic heterocycles. The van der Waals surface area contributed by atoms with Crippen molar-refractivity contribution < 1.29 is 21.9 Å². The molecule has 0 radical (unpaired) electrons. The summed E-state index contributed by atoms with van der Waals surface area (Å²) in [6, 6.07) is 9.87. The van der Waals surface area contributed by atoms with Crippen LogP contribution in [-0.4, -0.2) is 8.42 Å². The molecule has 2 aromatic rings. The second-order valence-electron chi connectivity index (χ2n) is 3.93. The van der Waals surface area contributed by atoms with Crippen LogP contribution in [0.4, 0.5) is 8.78 Å². The lowest BCUT2D eigenvalue weighted by atomic mass is 10.2. The highest BCUT2D eigenvalue weighted by atomic mass is 35.7. The van der Waals surface area contributed by atoms with Gasteiger partial charge in [-0.3, -0.25) is 0 Å². The average Bonchev–Trinajstić information content (AvgIpc) is 2.37. The van der Waals surface area contributed by atoms with Crippen LogP contribution >= 0.6 is 10.7 Å². The van der Waals surface area contributed by atoms with Crippen LogP contribution in [0, 0.1) is 11.6 Å². The van der Waals surface area contributed by atoms with Crippen molar-refractivity contribution in [3.8, 4) is 5.75 Å². The molecule has 0 heterocycles. The molecule has 106 valence electrons. The van der Waals surface area contributed by atoms with Crippen molar-refractivity contribution in [2.75, 3.05) is 0 Å². The molecule has 0 unspecified atom stereocenters. The fourth-order valence-corrected chi connectivity index (χ4v) is 2.56. The van der Waals surface area contributed by atoms with Gasteiger partial charge in [-0.25, -0.2) is 17.2 Å². The molecule has 0 saturated carbocycles. The maximum absolute atomic E-state index is 13.7. The molecule has 0 aliphatic rings. The van der Waals surface area contributed by atoms with Crippen LogP contribution in [0.5, 0.6) is 5.75 Å². The van der Waals surface area contributed by atoms with Gasteiger partial charge in [0, 0.05) is 16.7 Å². The third kappa shape index (κ3) is 3.46. The fourth-order valence-electron chi connectivity index (χ4n) is 1.59. The summed E-state index contributed by atoms with van der Waals surface area (Å²) in [5.41, 5.74) is 0.703. The summed E-state index contributed by atoms with van der Waals surface area (Å²) >= 11 is 0. The summed E-state index contributed by atoms with van der Waals surface area (Å²) in [7, 11) is 0.833. The Morgan fingerprint density at radius 2 is 1.75 bits per heavy atom. The molecule has 3 nitrogen and oxygen atoms in total. The van der Waals surface area contributed by atoms with Crippen molar-refractivity contribution in [1.82, 2.24) is 0 Å². The van der Waals surface area contributed by atoms with Crippen molar-refractivity contribution in [3.63, 3.8) is 0 Å². The molecular formula is C13H9ClF2O3S. The summed E-state index contributed by atoms with van der Waals surface area (Å²) in [6.07, 6.45) is 0. The van der Waals surface area contributed by atoms with E-state index < -0.39 is 31.3 Å². The Bertz CT molecular complexity index is 718. The highest BCUT2D eigenvalue weighted by Gasteiger charge is 2.22. The maximum Gasteiger partial charge on any atom is 0.265 e. The number of hydrogen-bond acceptors (Lipinski definition) is 3. The molecule has 0 atom stereocenters. The molecule has 0 saturated heterocycles. The predicted octanol–water partition coefficient (Wildman–Crippen LogP) is 3.47. The van der Waals surface area contributed by atoms with Gasteiger partial charge in [0.2, 0.25) is 0 Å². The molecule has 0 aliphatic carbocycles. The van der Waals surface area contributed by atoms with Gasteiger partial charge in [0.15, 0.2) is 11.6 Å². The van der Waals surface area contributed by atoms with Crippen molar-refractivity contribution >= 4 is 19.7 Å². The highest BCUT2D eigenvalue weighted by molar-refractivity contribution is 8.13. The lowest BCUT2D eigenvalue weighted by molar-refractivity contribution is 0.280. The van der Waals surface area contributed by atoms with E-state index in [9.17, 15) is 17.2 Å². The molecule has 0 N–H and O–H groups in total. The van der Waals surface area contributed by atoms with Crippen LogP contribution in [0.1, 0.15) is 5.56 Å². The van der Waals surface area contributed by atoms with Gasteiger partial charge in [-0.2, -0.15) is 0 Å². The Hall–Kier alpha value is -1.66. The molecule has 0 spiro atoms. The monoisotopic (exact) mass is 318 g/mol. The summed E-state index contributed by atoms with van der Waals surface area (Å²) in [5.74, 6) is -2.76. The first-order valence-electron chi connectivity index (χ1n) is 5.48. The number of hydrogen-bond donors (Lipinski definition) is 0. The molecule has 0 amide bonds. The maximum atomic E-state index is 13.7. The zero-order valence-electron chi connectivity index (χ0n) is 10.0.